The highest BCUT2D eigenvalue weighted by atomic mass is 31.2. The van der Waals surface area contributed by atoms with Crippen LogP contribution in [0.5, 0.6) is 0 Å². The SMILES string of the molecule is O=P([O-])([O-])[O-].[Si]. The van der Waals surface area contributed by atoms with Gasteiger partial charge in [0.15, 0.2) is 0 Å². The molecule has 0 aliphatic carbocycles. The third-order valence-electron chi connectivity index (χ3n) is 0. The molecule has 0 aromatic rings. The number of hydrogen-bond donors (Lipinski definition) is 0. The molecule has 6 heavy (non-hydrogen) atoms. The van der Waals surface area contributed by atoms with Gasteiger partial charge in [0.2, 0.25) is 0 Å². The minimum Gasteiger partial charge on any atom is -0.822 e. The Kier molecular flexibility index (Phi) is 3.98. The highest BCUT2D eigenvalue weighted by molar-refractivity contribution is 7.40. The van der Waals surface area contributed by atoms with Gasteiger partial charge in [-0.05, 0) is 0 Å². The quantitative estimate of drug-likeness (QED) is 0.250. The van der Waals surface area contributed by atoms with Crippen LogP contribution < -0.4 is 14.7 Å². The van der Waals surface area contributed by atoms with Crippen molar-refractivity contribution in [2.24, 2.45) is 0 Å². The van der Waals surface area contributed by atoms with Crippen molar-refractivity contribution in [2.45, 2.75) is 0 Å². The van der Waals surface area contributed by atoms with Crippen molar-refractivity contribution in [3.63, 3.8) is 0 Å². The highest BCUT2D eigenvalue weighted by Crippen LogP contribution is 2.03. The summed E-state index contributed by atoms with van der Waals surface area (Å²) in [5, 5.41) is 0. The molecule has 0 saturated carbocycles. The zero-order chi connectivity index (χ0) is 4.50. The maximum absolute atomic E-state index is 8.55. The van der Waals surface area contributed by atoms with Crippen molar-refractivity contribution in [1.82, 2.24) is 0 Å². The van der Waals surface area contributed by atoms with E-state index in [1.165, 1.54) is 0 Å². The van der Waals surface area contributed by atoms with Crippen LogP contribution in [-0.2, 0) is 4.57 Å². The van der Waals surface area contributed by atoms with Crippen LogP contribution in [0.15, 0.2) is 0 Å². The zero-order valence-electron chi connectivity index (χ0n) is 2.58. The summed E-state index contributed by atoms with van der Waals surface area (Å²) in [6.07, 6.45) is 0. The molecule has 0 saturated heterocycles. The van der Waals surface area contributed by atoms with Crippen LogP contribution in [0.25, 0.3) is 0 Å². The Morgan fingerprint density at radius 3 is 1.17 bits per heavy atom. The predicted molar refractivity (Wildman–Crippen MR) is 13.4 cm³/mol. The van der Waals surface area contributed by atoms with Gasteiger partial charge in [-0.1, -0.05) is 0 Å². The predicted octanol–water partition coefficient (Wildman–Crippen LogP) is -3.21. The van der Waals surface area contributed by atoms with Gasteiger partial charge in [0.1, 0.15) is 0 Å². The van der Waals surface area contributed by atoms with Gasteiger partial charge in [-0.25, -0.2) is 0 Å². The molecule has 0 aromatic carbocycles. The fourth-order valence-corrected chi connectivity index (χ4v) is 0. The molecule has 0 rings (SSSR count). The topological polar surface area (TPSA) is 86.2 Å². The lowest BCUT2D eigenvalue weighted by Crippen LogP contribution is -2.24. The van der Waals surface area contributed by atoms with Gasteiger partial charge >= 0.3 is 0 Å². The Labute approximate surface area is 39.1 Å². The van der Waals surface area contributed by atoms with E-state index in [4.69, 9.17) is 19.2 Å². The first kappa shape index (κ1) is 9.59. The van der Waals surface area contributed by atoms with Crippen molar-refractivity contribution < 1.29 is 19.2 Å². The van der Waals surface area contributed by atoms with Crippen LogP contribution in [0.4, 0.5) is 0 Å². The second-order valence-electron chi connectivity index (χ2n) is 0.447. The first-order chi connectivity index (χ1) is 2.00. The van der Waals surface area contributed by atoms with E-state index in [1.54, 1.807) is 0 Å². The number of hydrogen-bond acceptors (Lipinski definition) is 4. The van der Waals surface area contributed by atoms with Gasteiger partial charge in [0.25, 0.3) is 0 Å². The second-order valence-corrected chi connectivity index (χ2v) is 1.34. The lowest BCUT2D eigenvalue weighted by atomic mass is 15.8. The molecule has 6 heteroatoms. The maximum Gasteiger partial charge on any atom is 0 e. The lowest BCUT2D eigenvalue weighted by Gasteiger charge is -2.36. The minimum absolute atomic E-state index is 0. The van der Waals surface area contributed by atoms with E-state index in [0.29, 0.717) is 0 Å². The molecular weight excluding hydrogens is 123 g/mol. The van der Waals surface area contributed by atoms with Gasteiger partial charge < -0.3 is 19.2 Å². The third kappa shape index (κ3) is 448. The molecule has 0 fully saturated rings. The second kappa shape index (κ2) is 2.49. The van der Waals surface area contributed by atoms with E-state index in [0.717, 1.165) is 0 Å². The largest absolute Gasteiger partial charge is 0.822 e. The van der Waals surface area contributed by atoms with Gasteiger partial charge in [-0.2, -0.15) is 7.82 Å². The van der Waals surface area contributed by atoms with Crippen LogP contribution in [0.3, 0.4) is 0 Å². The average Bonchev–Trinajstić information content (AvgIpc) is 0.722. The Morgan fingerprint density at radius 2 is 1.17 bits per heavy atom. The fraction of sp³-hybridized carbons (Fsp3) is 0. The van der Waals surface area contributed by atoms with Crippen LogP contribution >= 0.6 is 7.82 Å². The van der Waals surface area contributed by atoms with Crippen molar-refractivity contribution in [3.05, 3.63) is 0 Å². The summed E-state index contributed by atoms with van der Waals surface area (Å²) < 4.78 is 8.55. The molecule has 36 valence electrons. The first-order valence-electron chi connectivity index (χ1n) is 0.730. The highest BCUT2D eigenvalue weighted by Gasteiger charge is 1.44. The van der Waals surface area contributed by atoms with Crippen molar-refractivity contribution in [2.75, 3.05) is 0 Å². The fourth-order valence-electron chi connectivity index (χ4n) is 0. The molecule has 0 unspecified atom stereocenters. The van der Waals surface area contributed by atoms with E-state index >= 15 is 0 Å². The molecule has 0 bridgehead atoms. The summed E-state index contributed by atoms with van der Waals surface area (Å²) in [5.74, 6) is 0. The Balaban J connectivity index is 0. The monoisotopic (exact) mass is 123 g/mol. The van der Waals surface area contributed by atoms with Gasteiger partial charge in [0.05, 0.1) is 0 Å². The summed E-state index contributed by atoms with van der Waals surface area (Å²) in [5.41, 5.74) is 0. The molecular formula is O4PSi-3. The summed E-state index contributed by atoms with van der Waals surface area (Å²) in [6.45, 7) is 0. The standard InChI is InChI=1S/H3O4P.Si/c1-5(2,3)4;/h(H3,1,2,3,4);/p-3. The Bertz CT molecular complexity index is 53.7. The summed E-state index contributed by atoms with van der Waals surface area (Å²) in [6, 6.07) is 0. The smallest absolute Gasteiger partial charge is 0 e. The maximum atomic E-state index is 8.55. The van der Waals surface area contributed by atoms with Crippen LogP contribution in [-0.4, -0.2) is 11.0 Å². The molecule has 0 aliphatic rings. The molecule has 0 heterocycles. The third-order valence-corrected chi connectivity index (χ3v) is 0. The zero-order valence-corrected chi connectivity index (χ0v) is 4.47. The van der Waals surface area contributed by atoms with E-state index in [1.807, 2.05) is 0 Å². The van der Waals surface area contributed by atoms with Crippen molar-refractivity contribution in [3.8, 4) is 0 Å². The van der Waals surface area contributed by atoms with E-state index in [-0.39, 0.29) is 11.0 Å². The van der Waals surface area contributed by atoms with Gasteiger partial charge in [0, 0.05) is 11.0 Å². The van der Waals surface area contributed by atoms with Crippen molar-refractivity contribution >= 4 is 18.8 Å². The number of rotatable bonds is 0. The van der Waals surface area contributed by atoms with Gasteiger partial charge in [-0.3, -0.25) is 0 Å². The average molecular weight is 123 g/mol. The molecule has 0 N–H and O–H groups in total. The summed E-state index contributed by atoms with van der Waals surface area (Å²) in [7, 11) is -5.39. The first-order valence-corrected chi connectivity index (χ1v) is 2.19. The molecule has 0 aliphatic heterocycles. The Morgan fingerprint density at radius 1 is 1.17 bits per heavy atom. The molecule has 0 amide bonds. The molecule has 0 spiro atoms. The molecule has 4 radical (unpaired) electrons. The molecule has 4 nitrogen and oxygen atoms in total. The number of phosphoric acid groups is 1. The molecule has 0 atom stereocenters. The Hall–Kier alpha value is 0.327. The summed E-state index contributed by atoms with van der Waals surface area (Å²) in [4.78, 5) is 25.6. The van der Waals surface area contributed by atoms with Gasteiger partial charge in [-0.15, -0.1) is 0 Å². The van der Waals surface area contributed by atoms with Crippen molar-refractivity contribution in [1.29, 1.82) is 0 Å². The normalized spacial score (nSPS) is 9.83. The van der Waals surface area contributed by atoms with E-state index in [9.17, 15) is 0 Å². The van der Waals surface area contributed by atoms with Crippen LogP contribution in [0.1, 0.15) is 0 Å². The summed E-state index contributed by atoms with van der Waals surface area (Å²) >= 11 is 0. The van der Waals surface area contributed by atoms with E-state index < -0.39 is 7.82 Å². The van der Waals surface area contributed by atoms with E-state index in [2.05, 4.69) is 0 Å². The van der Waals surface area contributed by atoms with Crippen LogP contribution in [0, 0.1) is 0 Å². The minimum atomic E-state index is -5.39. The molecule has 0 aromatic heterocycles. The lowest BCUT2D eigenvalue weighted by molar-refractivity contribution is -0.432. The van der Waals surface area contributed by atoms with Crippen LogP contribution in [0.2, 0.25) is 0 Å².